The van der Waals surface area contributed by atoms with Gasteiger partial charge in [-0.3, -0.25) is 4.79 Å². The van der Waals surface area contributed by atoms with Crippen LogP contribution in [-0.4, -0.2) is 12.9 Å². The van der Waals surface area contributed by atoms with E-state index in [1.165, 1.54) is 19.2 Å². The number of hydrogen-bond acceptors (Lipinski definition) is 2. The first kappa shape index (κ1) is 13.6. The van der Waals surface area contributed by atoms with Crippen molar-refractivity contribution in [1.82, 2.24) is 0 Å². The number of benzene rings is 2. The number of aryl methyl sites for hydroxylation is 1. The van der Waals surface area contributed by atoms with Gasteiger partial charge in [-0.05, 0) is 37.3 Å². The first-order valence-corrected chi connectivity index (χ1v) is 6.05. The molecule has 0 fully saturated rings. The molecule has 4 heteroatoms. The van der Waals surface area contributed by atoms with Crippen molar-refractivity contribution in [1.29, 1.82) is 0 Å². The predicted octanol–water partition coefficient (Wildman–Crippen LogP) is 4.03. The fourth-order valence-corrected chi connectivity index (χ4v) is 1.91. The van der Waals surface area contributed by atoms with Crippen LogP contribution in [0.1, 0.15) is 21.5 Å². The zero-order valence-corrected chi connectivity index (χ0v) is 11.3. The number of hydrogen-bond donors (Lipinski definition) is 0. The minimum Gasteiger partial charge on any atom is -0.496 e. The van der Waals surface area contributed by atoms with Crippen molar-refractivity contribution in [2.24, 2.45) is 0 Å². The number of rotatable bonds is 3. The predicted molar refractivity (Wildman–Crippen MR) is 72.6 cm³/mol. The van der Waals surface area contributed by atoms with Gasteiger partial charge >= 0.3 is 0 Å². The van der Waals surface area contributed by atoms with Crippen molar-refractivity contribution < 1.29 is 13.9 Å². The highest BCUT2D eigenvalue weighted by atomic mass is 35.5. The average molecular weight is 279 g/mol. The third-order valence-corrected chi connectivity index (χ3v) is 3.09. The molecular weight excluding hydrogens is 267 g/mol. The number of methoxy groups -OCH3 is 1. The molecule has 0 spiro atoms. The second kappa shape index (κ2) is 5.41. The zero-order valence-electron chi connectivity index (χ0n) is 10.5. The number of carbonyl (C=O) groups excluding carboxylic acids is 1. The van der Waals surface area contributed by atoms with Crippen LogP contribution in [-0.2, 0) is 0 Å². The van der Waals surface area contributed by atoms with Crippen LogP contribution in [0.25, 0.3) is 0 Å². The summed E-state index contributed by atoms with van der Waals surface area (Å²) in [6.45, 7) is 1.87. The van der Waals surface area contributed by atoms with Crippen LogP contribution in [0.4, 0.5) is 4.39 Å². The molecule has 0 saturated heterocycles. The van der Waals surface area contributed by atoms with E-state index in [1.807, 2.05) is 13.0 Å². The Morgan fingerprint density at radius 1 is 1.21 bits per heavy atom. The maximum Gasteiger partial charge on any atom is 0.196 e. The van der Waals surface area contributed by atoms with E-state index in [9.17, 15) is 9.18 Å². The summed E-state index contributed by atoms with van der Waals surface area (Å²) in [7, 11) is 1.49. The van der Waals surface area contributed by atoms with E-state index in [0.717, 1.165) is 11.6 Å². The van der Waals surface area contributed by atoms with E-state index < -0.39 is 5.82 Å². The lowest BCUT2D eigenvalue weighted by atomic mass is 10.0. The molecule has 0 bridgehead atoms. The van der Waals surface area contributed by atoms with Crippen molar-refractivity contribution in [2.75, 3.05) is 7.11 Å². The Hall–Kier alpha value is -1.87. The molecule has 0 atom stereocenters. The second-order valence-corrected chi connectivity index (χ2v) is 4.57. The van der Waals surface area contributed by atoms with Crippen LogP contribution in [0.2, 0.25) is 5.02 Å². The van der Waals surface area contributed by atoms with E-state index in [0.29, 0.717) is 11.3 Å². The summed E-state index contributed by atoms with van der Waals surface area (Å²) in [5, 5.41) is -0.00671. The minimum absolute atomic E-state index is 0.00671. The van der Waals surface area contributed by atoms with Crippen LogP contribution in [0.3, 0.4) is 0 Å². The van der Waals surface area contributed by atoms with E-state index in [1.54, 1.807) is 12.1 Å². The summed E-state index contributed by atoms with van der Waals surface area (Å²) >= 11 is 5.60. The third kappa shape index (κ3) is 2.76. The lowest BCUT2D eigenvalue weighted by molar-refractivity contribution is 0.103. The molecule has 0 aliphatic carbocycles. The Morgan fingerprint density at radius 2 is 1.95 bits per heavy atom. The van der Waals surface area contributed by atoms with Gasteiger partial charge in [0.05, 0.1) is 17.7 Å². The fraction of sp³-hybridized carbons (Fsp3) is 0.133. The number of ether oxygens (including phenoxy) is 1. The molecule has 0 amide bonds. The first-order chi connectivity index (χ1) is 9.02. The maximum atomic E-state index is 13.4. The van der Waals surface area contributed by atoms with Crippen LogP contribution in [0.5, 0.6) is 5.75 Å². The molecule has 0 radical (unpaired) electrons. The van der Waals surface area contributed by atoms with Crippen molar-refractivity contribution in [3.05, 3.63) is 63.9 Å². The Morgan fingerprint density at radius 3 is 2.58 bits per heavy atom. The average Bonchev–Trinajstić information content (AvgIpc) is 2.41. The normalized spacial score (nSPS) is 10.3. The largest absolute Gasteiger partial charge is 0.496 e. The van der Waals surface area contributed by atoms with E-state index in [-0.39, 0.29) is 16.4 Å². The summed E-state index contributed by atoms with van der Waals surface area (Å²) in [6.07, 6.45) is 0. The molecule has 2 rings (SSSR count). The summed E-state index contributed by atoms with van der Waals surface area (Å²) in [4.78, 5) is 12.4. The minimum atomic E-state index is -0.612. The molecule has 2 nitrogen and oxygen atoms in total. The highest BCUT2D eigenvalue weighted by molar-refractivity contribution is 6.30. The van der Waals surface area contributed by atoms with E-state index >= 15 is 0 Å². The van der Waals surface area contributed by atoms with Crippen LogP contribution in [0, 0.1) is 12.7 Å². The van der Waals surface area contributed by atoms with E-state index in [4.69, 9.17) is 16.3 Å². The molecule has 0 N–H and O–H groups in total. The standard InChI is InChI=1S/C15H12ClFO2/c1-9-3-6-14(19-2)11(7-9)15(18)10-4-5-12(16)13(17)8-10/h3-8H,1-2H3. The molecule has 19 heavy (non-hydrogen) atoms. The quantitative estimate of drug-likeness (QED) is 0.793. The molecule has 0 aliphatic rings. The van der Waals surface area contributed by atoms with Crippen molar-refractivity contribution >= 4 is 17.4 Å². The van der Waals surface area contributed by atoms with E-state index in [2.05, 4.69) is 0 Å². The van der Waals surface area contributed by atoms with Crippen molar-refractivity contribution in [2.45, 2.75) is 6.92 Å². The fourth-order valence-electron chi connectivity index (χ4n) is 1.79. The number of halogens is 2. The lowest BCUT2D eigenvalue weighted by Gasteiger charge is -2.09. The van der Waals surface area contributed by atoms with Crippen molar-refractivity contribution in [3.63, 3.8) is 0 Å². The zero-order chi connectivity index (χ0) is 14.0. The highest BCUT2D eigenvalue weighted by Crippen LogP contribution is 2.24. The molecular formula is C15H12ClFO2. The van der Waals surface area contributed by atoms with Crippen LogP contribution in [0.15, 0.2) is 36.4 Å². The number of carbonyl (C=O) groups is 1. The smallest absolute Gasteiger partial charge is 0.196 e. The Balaban J connectivity index is 2.49. The maximum absolute atomic E-state index is 13.4. The molecule has 0 unspecified atom stereocenters. The van der Waals surface area contributed by atoms with Crippen LogP contribution >= 0.6 is 11.6 Å². The SMILES string of the molecule is COc1ccc(C)cc1C(=O)c1ccc(Cl)c(F)c1. The van der Waals surface area contributed by atoms with Gasteiger partial charge < -0.3 is 4.74 Å². The second-order valence-electron chi connectivity index (χ2n) is 4.16. The van der Waals surface area contributed by atoms with Gasteiger partial charge in [-0.2, -0.15) is 0 Å². The van der Waals surface area contributed by atoms with Crippen molar-refractivity contribution in [3.8, 4) is 5.75 Å². The lowest BCUT2D eigenvalue weighted by Crippen LogP contribution is -2.05. The summed E-state index contributed by atoms with van der Waals surface area (Å²) in [5.41, 5.74) is 1.58. The molecule has 2 aromatic rings. The van der Waals surface area contributed by atoms with Gasteiger partial charge in [-0.25, -0.2) is 4.39 Å². The Kier molecular flexibility index (Phi) is 3.86. The van der Waals surface area contributed by atoms with Gasteiger partial charge in [-0.1, -0.05) is 23.2 Å². The highest BCUT2D eigenvalue weighted by Gasteiger charge is 2.16. The summed E-state index contributed by atoms with van der Waals surface area (Å²) < 4.78 is 18.6. The molecule has 0 saturated carbocycles. The van der Waals surface area contributed by atoms with Gasteiger partial charge in [0.25, 0.3) is 0 Å². The van der Waals surface area contributed by atoms with Crippen LogP contribution < -0.4 is 4.74 Å². The molecule has 0 aliphatic heterocycles. The third-order valence-electron chi connectivity index (χ3n) is 2.78. The van der Waals surface area contributed by atoms with Gasteiger partial charge in [0.15, 0.2) is 5.78 Å². The monoisotopic (exact) mass is 278 g/mol. The molecule has 98 valence electrons. The van der Waals surface area contributed by atoms with Gasteiger partial charge in [0.2, 0.25) is 0 Å². The first-order valence-electron chi connectivity index (χ1n) is 5.67. The molecule has 0 aromatic heterocycles. The summed E-state index contributed by atoms with van der Waals surface area (Å²) in [6, 6.07) is 9.27. The Bertz CT molecular complexity index is 638. The topological polar surface area (TPSA) is 26.3 Å². The molecule has 0 heterocycles. The Labute approximate surface area is 115 Å². The molecule has 2 aromatic carbocycles. The van der Waals surface area contributed by atoms with Gasteiger partial charge in [-0.15, -0.1) is 0 Å². The van der Waals surface area contributed by atoms with Gasteiger partial charge in [0, 0.05) is 5.56 Å². The summed E-state index contributed by atoms with van der Waals surface area (Å²) in [5.74, 6) is -0.443. The number of ketones is 1. The van der Waals surface area contributed by atoms with Gasteiger partial charge in [0.1, 0.15) is 11.6 Å².